The van der Waals surface area contributed by atoms with E-state index in [0.29, 0.717) is 0 Å². The third-order valence-electron chi connectivity index (χ3n) is 4.58. The molecule has 0 N–H and O–H groups in total. The lowest BCUT2D eigenvalue weighted by Gasteiger charge is -2.16. The van der Waals surface area contributed by atoms with E-state index in [1.54, 1.807) is 14.2 Å². The Morgan fingerprint density at radius 2 is 1.18 bits per heavy atom. The summed E-state index contributed by atoms with van der Waals surface area (Å²) in [5.74, 6) is 1.81. The molecule has 2 nitrogen and oxygen atoms in total. The van der Waals surface area contributed by atoms with Gasteiger partial charge in [0.15, 0.2) is 0 Å². The molecule has 2 heteroatoms. The predicted molar refractivity (Wildman–Crippen MR) is 89.6 cm³/mol. The fourth-order valence-corrected chi connectivity index (χ4v) is 3.07. The molecule has 1 fully saturated rings. The van der Waals surface area contributed by atoms with E-state index in [9.17, 15) is 0 Å². The first-order valence-corrected chi connectivity index (χ1v) is 7.59. The van der Waals surface area contributed by atoms with Crippen molar-refractivity contribution in [2.75, 3.05) is 14.2 Å². The zero-order valence-electron chi connectivity index (χ0n) is 13.3. The highest BCUT2D eigenvalue weighted by atomic mass is 16.5. The highest BCUT2D eigenvalue weighted by Gasteiger charge is 2.46. The number of ether oxygens (including phenoxy) is 2. The summed E-state index contributed by atoms with van der Waals surface area (Å²) in [6, 6.07) is 16.7. The third-order valence-corrected chi connectivity index (χ3v) is 4.58. The monoisotopic (exact) mass is 294 g/mol. The minimum atomic E-state index is 0.225. The maximum atomic E-state index is 5.22. The lowest BCUT2D eigenvalue weighted by Crippen LogP contribution is -2.09. The molecule has 0 saturated heterocycles. The van der Waals surface area contributed by atoms with E-state index in [4.69, 9.17) is 9.47 Å². The Labute approximate surface area is 132 Å². The minimum absolute atomic E-state index is 0.225. The van der Waals surface area contributed by atoms with Gasteiger partial charge in [0.25, 0.3) is 0 Å². The number of methoxy groups -OCH3 is 2. The molecule has 0 aliphatic heterocycles. The van der Waals surface area contributed by atoms with Crippen LogP contribution < -0.4 is 9.47 Å². The van der Waals surface area contributed by atoms with E-state index < -0.39 is 0 Å². The first kappa shape index (κ1) is 14.7. The van der Waals surface area contributed by atoms with Crippen LogP contribution in [0.4, 0.5) is 0 Å². The van der Waals surface area contributed by atoms with Gasteiger partial charge in [-0.2, -0.15) is 0 Å². The molecule has 0 heterocycles. The summed E-state index contributed by atoms with van der Waals surface area (Å²) >= 11 is 0. The molecule has 1 aliphatic carbocycles. The molecule has 1 saturated carbocycles. The smallest absolute Gasteiger partial charge is 0.118 e. The molecule has 22 heavy (non-hydrogen) atoms. The van der Waals surface area contributed by atoms with Crippen LogP contribution in [0.1, 0.15) is 17.5 Å². The number of rotatable bonds is 6. The summed E-state index contributed by atoms with van der Waals surface area (Å²) in [4.78, 5) is 0. The van der Waals surface area contributed by atoms with E-state index in [1.165, 1.54) is 16.7 Å². The van der Waals surface area contributed by atoms with Crippen molar-refractivity contribution in [1.29, 1.82) is 0 Å². The van der Waals surface area contributed by atoms with Gasteiger partial charge in [-0.05, 0) is 54.7 Å². The fraction of sp³-hybridized carbons (Fsp3) is 0.300. The van der Waals surface area contributed by atoms with Crippen molar-refractivity contribution in [2.24, 2.45) is 5.41 Å². The Morgan fingerprint density at radius 1 is 0.818 bits per heavy atom. The second-order valence-corrected chi connectivity index (χ2v) is 6.11. The van der Waals surface area contributed by atoms with Crippen molar-refractivity contribution >= 4 is 0 Å². The molecular formula is C20H22O2. The lowest BCUT2D eigenvalue weighted by atomic mass is 9.89. The van der Waals surface area contributed by atoms with Crippen LogP contribution in [0.15, 0.2) is 60.7 Å². The zero-order chi connectivity index (χ0) is 15.6. The fourth-order valence-electron chi connectivity index (χ4n) is 3.07. The van der Waals surface area contributed by atoms with Gasteiger partial charge in [0.1, 0.15) is 11.5 Å². The van der Waals surface area contributed by atoms with E-state index in [1.807, 2.05) is 24.3 Å². The predicted octanol–water partition coefficient (Wildman–Crippen LogP) is 4.44. The van der Waals surface area contributed by atoms with Gasteiger partial charge >= 0.3 is 0 Å². The molecule has 0 amide bonds. The van der Waals surface area contributed by atoms with E-state index >= 15 is 0 Å². The summed E-state index contributed by atoms with van der Waals surface area (Å²) in [6.45, 7) is 4.23. The van der Waals surface area contributed by atoms with Crippen LogP contribution in [0.25, 0.3) is 0 Å². The average molecular weight is 294 g/mol. The van der Waals surface area contributed by atoms with Gasteiger partial charge in [0, 0.05) is 5.41 Å². The second kappa shape index (κ2) is 5.88. The summed E-state index contributed by atoms with van der Waals surface area (Å²) in [5, 5.41) is 0. The van der Waals surface area contributed by atoms with Crippen LogP contribution in [-0.4, -0.2) is 14.2 Å². The minimum Gasteiger partial charge on any atom is -0.497 e. The molecule has 0 radical (unpaired) electrons. The van der Waals surface area contributed by atoms with Crippen LogP contribution >= 0.6 is 0 Å². The quantitative estimate of drug-likeness (QED) is 0.734. The molecular weight excluding hydrogens is 272 g/mol. The largest absolute Gasteiger partial charge is 0.497 e. The summed E-state index contributed by atoms with van der Waals surface area (Å²) < 4.78 is 10.4. The summed E-state index contributed by atoms with van der Waals surface area (Å²) in [5.41, 5.74) is 4.27. The van der Waals surface area contributed by atoms with E-state index in [-0.39, 0.29) is 5.41 Å². The summed E-state index contributed by atoms with van der Waals surface area (Å²) in [6.07, 6.45) is 3.20. The van der Waals surface area contributed by atoms with Crippen molar-refractivity contribution in [1.82, 2.24) is 0 Å². The Balaban J connectivity index is 1.72. The third kappa shape index (κ3) is 3.01. The van der Waals surface area contributed by atoms with Crippen molar-refractivity contribution < 1.29 is 9.47 Å². The van der Waals surface area contributed by atoms with Crippen LogP contribution in [0.3, 0.4) is 0 Å². The van der Waals surface area contributed by atoms with Crippen LogP contribution in [-0.2, 0) is 12.8 Å². The topological polar surface area (TPSA) is 18.5 Å². The number of hydrogen-bond acceptors (Lipinski definition) is 2. The lowest BCUT2D eigenvalue weighted by molar-refractivity contribution is 0.414. The van der Waals surface area contributed by atoms with Gasteiger partial charge in [-0.3, -0.25) is 0 Å². The maximum Gasteiger partial charge on any atom is 0.118 e. The van der Waals surface area contributed by atoms with Crippen molar-refractivity contribution in [2.45, 2.75) is 19.3 Å². The van der Waals surface area contributed by atoms with Crippen molar-refractivity contribution in [3.05, 3.63) is 71.8 Å². The SMILES string of the molecule is C=C1CC1(Cc1ccc(OC)cc1)Cc1ccc(OC)cc1. The second-order valence-electron chi connectivity index (χ2n) is 6.11. The molecule has 2 aromatic rings. The highest BCUT2D eigenvalue weighted by Crippen LogP contribution is 2.55. The molecule has 0 atom stereocenters. The van der Waals surface area contributed by atoms with Crippen LogP contribution in [0.5, 0.6) is 11.5 Å². The Kier molecular flexibility index (Phi) is 3.93. The first-order chi connectivity index (χ1) is 10.6. The van der Waals surface area contributed by atoms with Gasteiger partial charge in [-0.1, -0.05) is 36.4 Å². The zero-order valence-corrected chi connectivity index (χ0v) is 13.3. The molecule has 0 spiro atoms. The van der Waals surface area contributed by atoms with E-state index in [2.05, 4.69) is 30.8 Å². The van der Waals surface area contributed by atoms with Gasteiger partial charge < -0.3 is 9.47 Å². The Morgan fingerprint density at radius 3 is 1.45 bits per heavy atom. The summed E-state index contributed by atoms with van der Waals surface area (Å²) in [7, 11) is 3.39. The average Bonchev–Trinajstić information content (AvgIpc) is 3.17. The molecule has 0 bridgehead atoms. The van der Waals surface area contributed by atoms with Crippen LogP contribution in [0.2, 0.25) is 0 Å². The van der Waals surface area contributed by atoms with Gasteiger partial charge in [0.05, 0.1) is 14.2 Å². The first-order valence-electron chi connectivity index (χ1n) is 7.59. The highest BCUT2D eigenvalue weighted by molar-refractivity contribution is 5.39. The Hall–Kier alpha value is -2.22. The molecule has 3 rings (SSSR count). The van der Waals surface area contributed by atoms with Gasteiger partial charge in [-0.15, -0.1) is 0 Å². The van der Waals surface area contributed by atoms with Gasteiger partial charge in [0.2, 0.25) is 0 Å². The number of hydrogen-bond donors (Lipinski definition) is 0. The molecule has 0 unspecified atom stereocenters. The Bertz CT molecular complexity index is 604. The standard InChI is InChI=1S/C20H22O2/c1-15-12-20(15,13-16-4-8-18(21-2)9-5-16)14-17-6-10-19(22-3)11-7-17/h4-11H,1,12-14H2,2-3H3. The normalized spacial score (nSPS) is 15.5. The van der Waals surface area contributed by atoms with Gasteiger partial charge in [-0.25, -0.2) is 0 Å². The number of allylic oxidation sites excluding steroid dienone is 1. The number of benzene rings is 2. The molecule has 2 aromatic carbocycles. The molecule has 114 valence electrons. The van der Waals surface area contributed by atoms with E-state index in [0.717, 1.165) is 30.8 Å². The maximum absolute atomic E-state index is 5.22. The van der Waals surface area contributed by atoms with Crippen molar-refractivity contribution in [3.8, 4) is 11.5 Å². The van der Waals surface area contributed by atoms with Crippen molar-refractivity contribution in [3.63, 3.8) is 0 Å². The molecule has 0 aromatic heterocycles. The molecule has 1 aliphatic rings. The van der Waals surface area contributed by atoms with Crippen LogP contribution in [0, 0.1) is 5.41 Å².